The number of benzene rings is 1. The van der Waals surface area contributed by atoms with Crippen LogP contribution in [0.4, 0.5) is 0 Å². The molecule has 0 aliphatic rings. The third kappa shape index (κ3) is 4.83. The van der Waals surface area contributed by atoms with Crippen LogP contribution in [0.1, 0.15) is 16.8 Å². The zero-order chi connectivity index (χ0) is 18.4. The van der Waals surface area contributed by atoms with Crippen LogP contribution in [0, 0.1) is 13.8 Å². The molecule has 132 valence electrons. The van der Waals surface area contributed by atoms with Crippen LogP contribution in [-0.2, 0) is 4.79 Å². The molecular weight excluding hydrogens is 344 g/mol. The number of thioether (sulfide) groups is 1. The van der Waals surface area contributed by atoms with E-state index in [0.717, 1.165) is 11.8 Å². The van der Waals surface area contributed by atoms with E-state index in [1.54, 1.807) is 32.0 Å². The highest BCUT2D eigenvalue weighted by molar-refractivity contribution is 7.99. The monoisotopic (exact) mass is 362 g/mol. The van der Waals surface area contributed by atoms with Crippen molar-refractivity contribution in [3.8, 4) is 11.5 Å². The third-order valence-corrected chi connectivity index (χ3v) is 4.23. The predicted octanol–water partition coefficient (Wildman–Crippen LogP) is 1.34. The second kappa shape index (κ2) is 8.34. The SMILES string of the molecule is COc1cccc(C=NNC(=O)CSc2nc(C)c(C)c(=O)[nH]2)c1O. The summed E-state index contributed by atoms with van der Waals surface area (Å²) in [5.41, 5.74) is 3.71. The summed E-state index contributed by atoms with van der Waals surface area (Å²) >= 11 is 1.10. The molecule has 8 nitrogen and oxygen atoms in total. The minimum atomic E-state index is -0.371. The molecule has 9 heteroatoms. The fraction of sp³-hybridized carbons (Fsp3) is 0.250. The van der Waals surface area contributed by atoms with Crippen molar-refractivity contribution in [3.63, 3.8) is 0 Å². The molecule has 0 saturated heterocycles. The summed E-state index contributed by atoms with van der Waals surface area (Å²) in [6, 6.07) is 4.94. The number of hydrogen-bond donors (Lipinski definition) is 3. The molecule has 3 N–H and O–H groups in total. The maximum absolute atomic E-state index is 11.8. The summed E-state index contributed by atoms with van der Waals surface area (Å²) in [6.07, 6.45) is 1.32. The molecule has 1 amide bonds. The zero-order valence-electron chi connectivity index (χ0n) is 14.0. The first-order valence-electron chi connectivity index (χ1n) is 7.30. The predicted molar refractivity (Wildman–Crippen MR) is 95.5 cm³/mol. The number of aromatic hydroxyl groups is 1. The van der Waals surface area contributed by atoms with Crippen molar-refractivity contribution in [3.05, 3.63) is 45.4 Å². The molecule has 0 aliphatic carbocycles. The van der Waals surface area contributed by atoms with Gasteiger partial charge in [0.1, 0.15) is 0 Å². The lowest BCUT2D eigenvalue weighted by Crippen LogP contribution is -2.20. The lowest BCUT2D eigenvalue weighted by Gasteiger charge is -2.05. The lowest BCUT2D eigenvalue weighted by molar-refractivity contribution is -0.118. The van der Waals surface area contributed by atoms with Gasteiger partial charge >= 0.3 is 0 Å². The minimum Gasteiger partial charge on any atom is -0.504 e. The number of nitrogens with zero attached hydrogens (tertiary/aromatic N) is 2. The van der Waals surface area contributed by atoms with Crippen LogP contribution < -0.4 is 15.7 Å². The maximum atomic E-state index is 11.8. The summed E-state index contributed by atoms with van der Waals surface area (Å²) < 4.78 is 4.99. The molecule has 0 fully saturated rings. The Morgan fingerprint density at radius 2 is 2.24 bits per heavy atom. The average Bonchev–Trinajstić information content (AvgIpc) is 2.59. The molecule has 1 aromatic heterocycles. The number of phenolic OH excluding ortho intramolecular Hbond substituents is 1. The highest BCUT2D eigenvalue weighted by Crippen LogP contribution is 2.27. The molecule has 0 bridgehead atoms. The molecule has 0 aliphatic heterocycles. The molecule has 25 heavy (non-hydrogen) atoms. The summed E-state index contributed by atoms with van der Waals surface area (Å²) in [5, 5.41) is 14.1. The Kier molecular flexibility index (Phi) is 6.18. The standard InChI is InChI=1S/C16H18N4O4S/c1-9-10(2)18-16(19-15(9)23)25-8-13(21)20-17-7-11-5-4-6-12(24-3)14(11)22/h4-7,22H,8H2,1-3H3,(H,20,21)(H,18,19,23). The van der Waals surface area contributed by atoms with Crippen LogP contribution in [0.3, 0.4) is 0 Å². The van der Waals surface area contributed by atoms with Crippen molar-refractivity contribution in [1.82, 2.24) is 15.4 Å². The molecule has 1 heterocycles. The Morgan fingerprint density at radius 1 is 1.48 bits per heavy atom. The number of amides is 1. The Morgan fingerprint density at radius 3 is 2.92 bits per heavy atom. The first kappa shape index (κ1) is 18.5. The van der Waals surface area contributed by atoms with E-state index in [2.05, 4.69) is 20.5 Å². The van der Waals surface area contributed by atoms with Crippen molar-refractivity contribution in [1.29, 1.82) is 0 Å². The Hall–Kier alpha value is -2.81. The van der Waals surface area contributed by atoms with Gasteiger partial charge in [-0.1, -0.05) is 17.8 Å². The number of methoxy groups -OCH3 is 1. The van der Waals surface area contributed by atoms with Gasteiger partial charge in [0.25, 0.3) is 11.5 Å². The van der Waals surface area contributed by atoms with Gasteiger partial charge in [0.15, 0.2) is 16.7 Å². The van der Waals surface area contributed by atoms with Gasteiger partial charge in [0.2, 0.25) is 0 Å². The summed E-state index contributed by atoms with van der Waals surface area (Å²) in [5.74, 6) is -0.0817. The summed E-state index contributed by atoms with van der Waals surface area (Å²) in [6.45, 7) is 3.42. The second-order valence-electron chi connectivity index (χ2n) is 5.06. The number of aromatic amines is 1. The van der Waals surface area contributed by atoms with Gasteiger partial charge in [0, 0.05) is 16.8 Å². The minimum absolute atomic E-state index is 0.0346. The number of aryl methyl sites for hydroxylation is 1. The largest absolute Gasteiger partial charge is 0.504 e. The van der Waals surface area contributed by atoms with Crippen molar-refractivity contribution in [2.45, 2.75) is 19.0 Å². The normalized spacial score (nSPS) is 10.8. The van der Waals surface area contributed by atoms with Crippen molar-refractivity contribution in [2.75, 3.05) is 12.9 Å². The number of phenols is 1. The number of carbonyl (C=O) groups is 1. The Balaban J connectivity index is 1.92. The molecule has 0 radical (unpaired) electrons. The van der Waals surface area contributed by atoms with E-state index < -0.39 is 0 Å². The van der Waals surface area contributed by atoms with Crippen LogP contribution in [-0.4, -0.2) is 40.1 Å². The molecule has 0 spiro atoms. The average molecular weight is 362 g/mol. The van der Waals surface area contributed by atoms with E-state index in [0.29, 0.717) is 27.7 Å². The topological polar surface area (TPSA) is 117 Å². The van der Waals surface area contributed by atoms with Gasteiger partial charge in [-0.25, -0.2) is 10.4 Å². The van der Waals surface area contributed by atoms with E-state index in [-0.39, 0.29) is 23.0 Å². The molecule has 0 atom stereocenters. The number of ether oxygens (including phenoxy) is 1. The Labute approximate surface area is 148 Å². The van der Waals surface area contributed by atoms with Gasteiger partial charge in [-0.05, 0) is 26.0 Å². The fourth-order valence-corrected chi connectivity index (χ4v) is 2.53. The van der Waals surface area contributed by atoms with Gasteiger partial charge in [-0.15, -0.1) is 0 Å². The highest BCUT2D eigenvalue weighted by atomic mass is 32.2. The van der Waals surface area contributed by atoms with E-state index in [4.69, 9.17) is 4.74 Å². The van der Waals surface area contributed by atoms with E-state index in [1.165, 1.54) is 13.3 Å². The van der Waals surface area contributed by atoms with Crippen LogP contribution >= 0.6 is 11.8 Å². The molecule has 2 aromatic rings. The Bertz CT molecular complexity index is 864. The van der Waals surface area contributed by atoms with Crippen LogP contribution in [0.2, 0.25) is 0 Å². The second-order valence-corrected chi connectivity index (χ2v) is 6.03. The van der Waals surface area contributed by atoms with Crippen LogP contribution in [0.5, 0.6) is 11.5 Å². The van der Waals surface area contributed by atoms with E-state index in [9.17, 15) is 14.7 Å². The van der Waals surface area contributed by atoms with Crippen molar-refractivity contribution in [2.24, 2.45) is 5.10 Å². The molecule has 0 saturated carbocycles. The van der Waals surface area contributed by atoms with Gasteiger partial charge in [-0.3, -0.25) is 9.59 Å². The van der Waals surface area contributed by atoms with Gasteiger partial charge in [0.05, 0.1) is 19.1 Å². The fourth-order valence-electron chi connectivity index (χ4n) is 1.84. The van der Waals surface area contributed by atoms with Crippen LogP contribution in [0.15, 0.2) is 33.3 Å². The van der Waals surface area contributed by atoms with E-state index >= 15 is 0 Å². The third-order valence-electron chi connectivity index (χ3n) is 3.36. The molecule has 0 unspecified atom stereocenters. The summed E-state index contributed by atoms with van der Waals surface area (Å²) in [4.78, 5) is 30.3. The molecule has 2 rings (SSSR count). The van der Waals surface area contributed by atoms with Gasteiger partial charge < -0.3 is 14.8 Å². The number of nitrogens with one attached hydrogen (secondary N) is 2. The lowest BCUT2D eigenvalue weighted by atomic mass is 10.2. The zero-order valence-corrected chi connectivity index (χ0v) is 14.8. The number of rotatable bonds is 6. The number of carbonyl (C=O) groups excluding carboxylic acids is 1. The molecular formula is C16H18N4O4S. The van der Waals surface area contributed by atoms with Gasteiger partial charge in [-0.2, -0.15) is 5.10 Å². The maximum Gasteiger partial charge on any atom is 0.254 e. The highest BCUT2D eigenvalue weighted by Gasteiger charge is 2.08. The smallest absolute Gasteiger partial charge is 0.254 e. The number of hydrogen-bond acceptors (Lipinski definition) is 7. The number of H-pyrrole nitrogens is 1. The number of para-hydroxylation sites is 1. The van der Waals surface area contributed by atoms with Crippen molar-refractivity contribution < 1.29 is 14.6 Å². The number of hydrazone groups is 1. The number of aromatic nitrogens is 2. The van der Waals surface area contributed by atoms with Crippen LogP contribution in [0.25, 0.3) is 0 Å². The van der Waals surface area contributed by atoms with E-state index in [1.807, 2.05) is 0 Å². The molecule has 1 aromatic carbocycles. The summed E-state index contributed by atoms with van der Waals surface area (Å²) in [7, 11) is 1.44. The first-order chi connectivity index (χ1) is 11.9. The quantitative estimate of drug-likeness (QED) is 0.309. The van der Waals surface area contributed by atoms with Crippen molar-refractivity contribution >= 4 is 23.9 Å². The first-order valence-corrected chi connectivity index (χ1v) is 8.29.